The van der Waals surface area contributed by atoms with Crippen LogP contribution in [0, 0.1) is 11.7 Å². The SMILES string of the molecule is CCc1ncnc(NC(COC)C2CC2)c1F. The fourth-order valence-electron chi connectivity index (χ4n) is 1.90. The second-order valence-corrected chi connectivity index (χ2v) is 4.38. The van der Waals surface area contributed by atoms with Gasteiger partial charge >= 0.3 is 0 Å². The summed E-state index contributed by atoms with van der Waals surface area (Å²) < 4.78 is 19.1. The average molecular weight is 239 g/mol. The minimum absolute atomic E-state index is 0.147. The Bertz CT molecular complexity index is 382. The number of hydrogen-bond donors (Lipinski definition) is 1. The molecule has 94 valence electrons. The predicted molar refractivity (Wildman–Crippen MR) is 63.4 cm³/mol. The van der Waals surface area contributed by atoms with Crippen LogP contribution in [0.1, 0.15) is 25.5 Å². The second-order valence-electron chi connectivity index (χ2n) is 4.38. The molecule has 1 N–H and O–H groups in total. The maximum Gasteiger partial charge on any atom is 0.186 e. The Morgan fingerprint density at radius 1 is 1.53 bits per heavy atom. The van der Waals surface area contributed by atoms with Crippen molar-refractivity contribution in [1.82, 2.24) is 9.97 Å². The Labute approximate surface area is 101 Å². The third-order valence-electron chi connectivity index (χ3n) is 3.06. The molecule has 1 aliphatic rings. The molecule has 0 radical (unpaired) electrons. The Morgan fingerprint density at radius 3 is 2.88 bits per heavy atom. The molecular formula is C12H18FN3O. The Kier molecular flexibility index (Phi) is 3.89. The summed E-state index contributed by atoms with van der Waals surface area (Å²) in [6.07, 6.45) is 4.32. The van der Waals surface area contributed by atoms with E-state index < -0.39 is 0 Å². The first kappa shape index (κ1) is 12.2. The minimum atomic E-state index is -0.336. The Hall–Kier alpha value is -1.23. The standard InChI is InChI=1S/C12H18FN3O/c1-3-9-11(13)12(15-7-14-9)16-10(6-17-2)8-4-5-8/h7-8,10H,3-6H2,1-2H3,(H,14,15,16). The van der Waals surface area contributed by atoms with Crippen LogP contribution in [-0.2, 0) is 11.2 Å². The number of nitrogens with one attached hydrogen (secondary N) is 1. The molecule has 0 spiro atoms. The van der Waals surface area contributed by atoms with E-state index in [1.54, 1.807) is 7.11 Å². The number of nitrogens with zero attached hydrogens (tertiary/aromatic N) is 2. The van der Waals surface area contributed by atoms with Gasteiger partial charge in [-0.15, -0.1) is 0 Å². The van der Waals surface area contributed by atoms with Crippen LogP contribution in [0.4, 0.5) is 10.2 Å². The van der Waals surface area contributed by atoms with E-state index >= 15 is 0 Å². The largest absolute Gasteiger partial charge is 0.383 e. The number of aryl methyl sites for hydroxylation is 1. The molecule has 1 aromatic rings. The van der Waals surface area contributed by atoms with Gasteiger partial charge in [-0.25, -0.2) is 14.4 Å². The zero-order chi connectivity index (χ0) is 12.3. The zero-order valence-corrected chi connectivity index (χ0v) is 10.2. The lowest BCUT2D eigenvalue weighted by Gasteiger charge is -2.18. The summed E-state index contributed by atoms with van der Waals surface area (Å²) in [7, 11) is 1.66. The topological polar surface area (TPSA) is 47.0 Å². The number of anilines is 1. The summed E-state index contributed by atoms with van der Waals surface area (Å²) in [5.41, 5.74) is 0.453. The molecule has 1 aromatic heterocycles. The molecule has 0 aliphatic heterocycles. The van der Waals surface area contributed by atoms with E-state index in [9.17, 15) is 4.39 Å². The first-order valence-corrected chi connectivity index (χ1v) is 6.01. The van der Waals surface area contributed by atoms with Crippen LogP contribution in [-0.4, -0.2) is 29.7 Å². The number of hydrogen-bond acceptors (Lipinski definition) is 4. The molecule has 1 atom stereocenters. The summed E-state index contributed by atoms with van der Waals surface area (Å²) in [6, 6.07) is 0.147. The lowest BCUT2D eigenvalue weighted by molar-refractivity contribution is 0.179. The molecule has 0 saturated heterocycles. The fraction of sp³-hybridized carbons (Fsp3) is 0.667. The van der Waals surface area contributed by atoms with Crippen molar-refractivity contribution in [3.8, 4) is 0 Å². The Morgan fingerprint density at radius 2 is 2.29 bits per heavy atom. The zero-order valence-electron chi connectivity index (χ0n) is 10.2. The van der Waals surface area contributed by atoms with E-state index in [4.69, 9.17) is 4.74 Å². The number of halogens is 1. The quantitative estimate of drug-likeness (QED) is 0.825. The molecule has 4 nitrogen and oxygen atoms in total. The van der Waals surface area contributed by atoms with Gasteiger partial charge in [-0.1, -0.05) is 6.92 Å². The molecule has 1 aliphatic carbocycles. The van der Waals surface area contributed by atoms with Gasteiger partial charge in [0.15, 0.2) is 11.6 Å². The van der Waals surface area contributed by atoms with E-state index in [0.29, 0.717) is 30.5 Å². The maximum absolute atomic E-state index is 13.9. The van der Waals surface area contributed by atoms with Gasteiger partial charge in [0.2, 0.25) is 0 Å². The molecule has 5 heteroatoms. The van der Waals surface area contributed by atoms with Crippen molar-refractivity contribution in [3.63, 3.8) is 0 Å². The molecule has 2 rings (SSSR count). The second kappa shape index (κ2) is 5.40. The normalized spacial score (nSPS) is 16.9. The van der Waals surface area contributed by atoms with Gasteiger partial charge in [0.1, 0.15) is 6.33 Å². The van der Waals surface area contributed by atoms with Gasteiger partial charge in [0, 0.05) is 7.11 Å². The van der Waals surface area contributed by atoms with Gasteiger partial charge < -0.3 is 10.1 Å². The van der Waals surface area contributed by atoms with Crippen LogP contribution in [0.15, 0.2) is 6.33 Å². The molecule has 17 heavy (non-hydrogen) atoms. The highest BCUT2D eigenvalue weighted by Crippen LogP contribution is 2.34. The first-order valence-electron chi connectivity index (χ1n) is 6.01. The monoisotopic (exact) mass is 239 g/mol. The van der Waals surface area contributed by atoms with Crippen molar-refractivity contribution in [2.75, 3.05) is 19.0 Å². The van der Waals surface area contributed by atoms with Gasteiger partial charge in [-0.2, -0.15) is 0 Å². The van der Waals surface area contributed by atoms with Crippen molar-refractivity contribution < 1.29 is 9.13 Å². The molecule has 1 fully saturated rings. The van der Waals surface area contributed by atoms with Crippen molar-refractivity contribution in [2.24, 2.45) is 5.92 Å². The molecule has 1 unspecified atom stereocenters. The van der Waals surface area contributed by atoms with Crippen molar-refractivity contribution in [3.05, 3.63) is 17.8 Å². The highest BCUT2D eigenvalue weighted by molar-refractivity contribution is 5.39. The van der Waals surface area contributed by atoms with E-state index in [0.717, 1.165) is 0 Å². The molecule has 1 heterocycles. The minimum Gasteiger partial charge on any atom is -0.383 e. The number of methoxy groups -OCH3 is 1. The van der Waals surface area contributed by atoms with Gasteiger partial charge in [0.25, 0.3) is 0 Å². The maximum atomic E-state index is 13.9. The number of rotatable bonds is 6. The van der Waals surface area contributed by atoms with Crippen LogP contribution in [0.5, 0.6) is 0 Å². The van der Waals surface area contributed by atoms with Crippen LogP contribution < -0.4 is 5.32 Å². The molecular weight excluding hydrogens is 221 g/mol. The molecule has 1 saturated carbocycles. The van der Waals surface area contributed by atoms with Crippen LogP contribution in [0.25, 0.3) is 0 Å². The summed E-state index contributed by atoms with van der Waals surface area (Å²) in [4.78, 5) is 7.88. The average Bonchev–Trinajstić information content (AvgIpc) is 3.15. The smallest absolute Gasteiger partial charge is 0.186 e. The van der Waals surface area contributed by atoms with Crippen molar-refractivity contribution in [1.29, 1.82) is 0 Å². The van der Waals surface area contributed by atoms with Crippen molar-refractivity contribution in [2.45, 2.75) is 32.2 Å². The lowest BCUT2D eigenvalue weighted by Crippen LogP contribution is -2.28. The number of aromatic nitrogens is 2. The van der Waals surface area contributed by atoms with Gasteiger partial charge in [0.05, 0.1) is 18.3 Å². The van der Waals surface area contributed by atoms with E-state index in [2.05, 4.69) is 15.3 Å². The van der Waals surface area contributed by atoms with E-state index in [-0.39, 0.29) is 11.9 Å². The van der Waals surface area contributed by atoms with E-state index in [1.165, 1.54) is 19.2 Å². The first-order chi connectivity index (χ1) is 8.26. The summed E-state index contributed by atoms with van der Waals surface area (Å²) in [5, 5.41) is 3.13. The Balaban J connectivity index is 2.10. The number of ether oxygens (including phenoxy) is 1. The summed E-state index contributed by atoms with van der Waals surface area (Å²) in [5.74, 6) is 0.539. The van der Waals surface area contributed by atoms with E-state index in [1.807, 2.05) is 6.92 Å². The lowest BCUT2D eigenvalue weighted by atomic mass is 10.2. The fourth-order valence-corrected chi connectivity index (χ4v) is 1.90. The summed E-state index contributed by atoms with van der Waals surface area (Å²) in [6.45, 7) is 2.46. The third kappa shape index (κ3) is 2.91. The molecule has 0 amide bonds. The summed E-state index contributed by atoms with van der Waals surface area (Å²) >= 11 is 0. The predicted octanol–water partition coefficient (Wildman–Crippen LogP) is 2.01. The van der Waals surface area contributed by atoms with Gasteiger partial charge in [-0.3, -0.25) is 0 Å². The van der Waals surface area contributed by atoms with Crippen LogP contribution >= 0.6 is 0 Å². The van der Waals surface area contributed by atoms with Gasteiger partial charge in [-0.05, 0) is 25.2 Å². The highest BCUT2D eigenvalue weighted by Gasteiger charge is 2.32. The molecule has 0 aromatic carbocycles. The molecule has 0 bridgehead atoms. The highest BCUT2D eigenvalue weighted by atomic mass is 19.1. The van der Waals surface area contributed by atoms with Crippen LogP contribution in [0.2, 0.25) is 0 Å². The van der Waals surface area contributed by atoms with Crippen LogP contribution in [0.3, 0.4) is 0 Å². The third-order valence-corrected chi connectivity index (χ3v) is 3.06. The van der Waals surface area contributed by atoms with Crippen molar-refractivity contribution >= 4 is 5.82 Å².